The summed E-state index contributed by atoms with van der Waals surface area (Å²) in [5.41, 5.74) is 0.519. The molecule has 5 nitrogen and oxygen atoms in total. The van der Waals surface area contributed by atoms with Crippen LogP contribution in [-0.2, 0) is 4.79 Å². The number of amides is 2. The Labute approximate surface area is 160 Å². The quantitative estimate of drug-likeness (QED) is 0.733. The van der Waals surface area contributed by atoms with Crippen LogP contribution < -0.4 is 10.1 Å². The third-order valence-electron chi connectivity index (χ3n) is 4.83. The summed E-state index contributed by atoms with van der Waals surface area (Å²) in [6, 6.07) is 11.9. The molecule has 1 aliphatic carbocycles. The van der Waals surface area contributed by atoms with E-state index in [9.17, 15) is 9.59 Å². The topological polar surface area (TPSA) is 58.6 Å². The Morgan fingerprint density at radius 3 is 2.48 bits per heavy atom. The summed E-state index contributed by atoms with van der Waals surface area (Å²) < 4.78 is 5.80. The van der Waals surface area contributed by atoms with Gasteiger partial charge >= 0.3 is 0 Å². The van der Waals surface area contributed by atoms with Crippen LogP contribution in [0, 0.1) is 0 Å². The monoisotopic (exact) mass is 368 g/mol. The lowest BCUT2D eigenvalue weighted by molar-refractivity contribution is -0.123. The van der Waals surface area contributed by atoms with Gasteiger partial charge in [0.25, 0.3) is 11.8 Å². The molecule has 0 aromatic heterocycles. The number of carbonyl (C=O) groups is 2. The van der Waals surface area contributed by atoms with E-state index in [4.69, 9.17) is 4.74 Å². The Kier molecular flexibility index (Phi) is 6.32. The van der Waals surface area contributed by atoms with Gasteiger partial charge in [0.1, 0.15) is 5.75 Å². The van der Waals surface area contributed by atoms with Crippen molar-refractivity contribution in [2.75, 3.05) is 19.7 Å². The Hall–Kier alpha value is -2.56. The van der Waals surface area contributed by atoms with Gasteiger partial charge in [0, 0.05) is 19.1 Å². The molecule has 1 saturated carbocycles. The van der Waals surface area contributed by atoms with Crippen molar-refractivity contribution in [1.82, 2.24) is 10.2 Å². The number of nitrogens with zero attached hydrogens (tertiary/aromatic N) is 1. The van der Waals surface area contributed by atoms with E-state index in [-0.39, 0.29) is 18.4 Å². The zero-order valence-corrected chi connectivity index (χ0v) is 16.2. The van der Waals surface area contributed by atoms with Crippen molar-refractivity contribution in [2.24, 2.45) is 0 Å². The summed E-state index contributed by atoms with van der Waals surface area (Å²) in [6.45, 7) is 5.39. The number of benzene rings is 2. The molecule has 3 rings (SSSR count). The van der Waals surface area contributed by atoms with Gasteiger partial charge in [0.2, 0.25) is 0 Å². The maximum Gasteiger partial charge on any atom is 0.258 e. The lowest BCUT2D eigenvalue weighted by atomic mass is 10.0. The number of nitrogens with one attached hydrogen (secondary N) is 1. The standard InChI is InChI=1S/C22H28N2O3/c1-3-5-12-24(4-2)22(26)19-13-16-8-6-7-9-17(16)14-20(19)27-15-21(25)23-18-10-11-18/h6-9,13-14,18H,3-5,10-12,15H2,1-2H3,(H,23,25). The predicted molar refractivity (Wildman–Crippen MR) is 107 cm³/mol. The van der Waals surface area contributed by atoms with Gasteiger partial charge in [-0.05, 0) is 49.1 Å². The van der Waals surface area contributed by atoms with E-state index < -0.39 is 0 Å². The molecule has 0 radical (unpaired) electrons. The Balaban J connectivity index is 1.85. The molecule has 27 heavy (non-hydrogen) atoms. The number of hydrogen-bond donors (Lipinski definition) is 1. The molecule has 1 aliphatic rings. The normalized spacial score (nSPS) is 13.4. The molecule has 144 valence electrons. The number of fused-ring (bicyclic) bond motifs is 1. The maximum atomic E-state index is 13.1. The highest BCUT2D eigenvalue weighted by Crippen LogP contribution is 2.28. The number of hydrogen-bond acceptors (Lipinski definition) is 3. The van der Waals surface area contributed by atoms with Crippen molar-refractivity contribution in [3.8, 4) is 5.75 Å². The van der Waals surface area contributed by atoms with E-state index in [0.29, 0.717) is 23.9 Å². The first-order valence-electron chi connectivity index (χ1n) is 9.86. The van der Waals surface area contributed by atoms with Gasteiger partial charge in [-0.15, -0.1) is 0 Å². The Morgan fingerprint density at radius 2 is 1.85 bits per heavy atom. The fourth-order valence-electron chi connectivity index (χ4n) is 3.07. The van der Waals surface area contributed by atoms with Crippen LogP contribution in [0.15, 0.2) is 36.4 Å². The van der Waals surface area contributed by atoms with Gasteiger partial charge in [-0.2, -0.15) is 0 Å². The molecule has 0 aliphatic heterocycles. The molecule has 5 heteroatoms. The number of rotatable bonds is 9. The molecule has 1 N–H and O–H groups in total. The van der Waals surface area contributed by atoms with Crippen LogP contribution in [-0.4, -0.2) is 42.5 Å². The summed E-state index contributed by atoms with van der Waals surface area (Å²) in [5.74, 6) is 0.288. The third-order valence-corrected chi connectivity index (χ3v) is 4.83. The lowest BCUT2D eigenvalue weighted by Crippen LogP contribution is -2.33. The minimum Gasteiger partial charge on any atom is -0.483 e. The predicted octanol–water partition coefficient (Wildman–Crippen LogP) is 3.76. The average molecular weight is 368 g/mol. The first-order valence-corrected chi connectivity index (χ1v) is 9.86. The van der Waals surface area contributed by atoms with Crippen molar-refractivity contribution in [3.05, 3.63) is 42.0 Å². The van der Waals surface area contributed by atoms with Gasteiger partial charge in [-0.1, -0.05) is 37.6 Å². The van der Waals surface area contributed by atoms with Crippen molar-refractivity contribution < 1.29 is 14.3 Å². The van der Waals surface area contributed by atoms with Gasteiger partial charge in [0.05, 0.1) is 5.56 Å². The summed E-state index contributed by atoms with van der Waals surface area (Å²) in [5, 5.41) is 4.89. The molecular formula is C22H28N2O3. The van der Waals surface area contributed by atoms with Crippen LogP contribution in [0.2, 0.25) is 0 Å². The smallest absolute Gasteiger partial charge is 0.258 e. The van der Waals surface area contributed by atoms with Crippen molar-refractivity contribution in [2.45, 2.75) is 45.6 Å². The summed E-state index contributed by atoms with van der Waals surface area (Å²) in [4.78, 5) is 27.0. The van der Waals surface area contributed by atoms with Crippen LogP contribution in [0.25, 0.3) is 10.8 Å². The fourth-order valence-corrected chi connectivity index (χ4v) is 3.07. The summed E-state index contributed by atoms with van der Waals surface area (Å²) >= 11 is 0. The van der Waals surface area contributed by atoms with E-state index in [1.165, 1.54) is 0 Å². The first-order chi connectivity index (χ1) is 13.1. The van der Waals surface area contributed by atoms with Crippen molar-refractivity contribution >= 4 is 22.6 Å². The molecule has 0 heterocycles. The molecule has 2 aromatic carbocycles. The highest BCUT2D eigenvalue weighted by atomic mass is 16.5. The maximum absolute atomic E-state index is 13.1. The van der Waals surface area contributed by atoms with Gasteiger partial charge < -0.3 is 15.0 Å². The first kappa shape index (κ1) is 19.2. The van der Waals surface area contributed by atoms with Crippen LogP contribution in [0.1, 0.15) is 49.9 Å². The lowest BCUT2D eigenvalue weighted by Gasteiger charge is -2.22. The van der Waals surface area contributed by atoms with E-state index >= 15 is 0 Å². The molecule has 1 fully saturated rings. The fraction of sp³-hybridized carbons (Fsp3) is 0.455. The van der Waals surface area contributed by atoms with Crippen LogP contribution in [0.3, 0.4) is 0 Å². The Morgan fingerprint density at radius 1 is 1.15 bits per heavy atom. The van der Waals surface area contributed by atoms with E-state index in [1.54, 1.807) is 0 Å². The molecule has 0 unspecified atom stereocenters. The highest BCUT2D eigenvalue weighted by molar-refractivity contribution is 6.01. The molecule has 0 atom stereocenters. The Bertz CT molecular complexity index is 814. The largest absolute Gasteiger partial charge is 0.483 e. The molecule has 0 spiro atoms. The summed E-state index contributed by atoms with van der Waals surface area (Å²) in [7, 11) is 0. The molecule has 0 saturated heterocycles. The SMILES string of the molecule is CCCCN(CC)C(=O)c1cc2ccccc2cc1OCC(=O)NC1CC1. The molecule has 2 aromatic rings. The highest BCUT2D eigenvalue weighted by Gasteiger charge is 2.24. The van der Waals surface area contributed by atoms with Gasteiger partial charge in [-0.3, -0.25) is 9.59 Å². The van der Waals surface area contributed by atoms with Gasteiger partial charge in [-0.25, -0.2) is 0 Å². The van der Waals surface area contributed by atoms with Crippen molar-refractivity contribution in [3.63, 3.8) is 0 Å². The number of ether oxygens (including phenoxy) is 1. The third kappa shape index (κ3) is 5.00. The van der Waals surface area contributed by atoms with Crippen molar-refractivity contribution in [1.29, 1.82) is 0 Å². The minimum atomic E-state index is -0.137. The average Bonchev–Trinajstić information content (AvgIpc) is 3.50. The van der Waals surface area contributed by atoms with Crippen LogP contribution >= 0.6 is 0 Å². The van der Waals surface area contributed by atoms with E-state index in [1.807, 2.05) is 48.2 Å². The zero-order valence-electron chi connectivity index (χ0n) is 16.2. The second-order valence-electron chi connectivity index (χ2n) is 7.06. The molecular weight excluding hydrogens is 340 g/mol. The summed E-state index contributed by atoms with van der Waals surface area (Å²) in [6.07, 6.45) is 4.07. The molecule has 2 amide bonds. The van der Waals surface area contributed by atoms with Crippen LogP contribution in [0.4, 0.5) is 0 Å². The minimum absolute atomic E-state index is 0.0469. The second-order valence-corrected chi connectivity index (χ2v) is 7.06. The second kappa shape index (κ2) is 8.89. The van der Waals surface area contributed by atoms with E-state index in [0.717, 1.165) is 43.0 Å². The number of carbonyl (C=O) groups excluding carboxylic acids is 2. The molecule has 0 bridgehead atoms. The van der Waals surface area contributed by atoms with E-state index in [2.05, 4.69) is 12.2 Å². The van der Waals surface area contributed by atoms with Crippen LogP contribution in [0.5, 0.6) is 5.75 Å². The van der Waals surface area contributed by atoms with Gasteiger partial charge in [0.15, 0.2) is 6.61 Å². The zero-order chi connectivity index (χ0) is 19.2. The number of unbranched alkanes of at least 4 members (excludes halogenated alkanes) is 1.